The first-order valence-corrected chi connectivity index (χ1v) is 9.32. The molecular weight excluding hydrogens is 286 g/mol. The lowest BCUT2D eigenvalue weighted by molar-refractivity contribution is -0.0512. The van der Waals surface area contributed by atoms with E-state index < -0.39 is 5.60 Å². The Bertz CT molecular complexity index is 262. The lowest BCUT2D eigenvalue weighted by Crippen LogP contribution is -2.55. The minimum atomic E-state index is -0.629. The molecule has 0 spiro atoms. The van der Waals surface area contributed by atoms with Crippen molar-refractivity contribution in [1.29, 1.82) is 0 Å². The van der Waals surface area contributed by atoms with E-state index in [0.717, 1.165) is 44.9 Å². The summed E-state index contributed by atoms with van der Waals surface area (Å²) < 4.78 is 11.2. The summed E-state index contributed by atoms with van der Waals surface area (Å²) in [6.07, 6.45) is 1.57. The Hall–Kier alpha value is 0.190. The summed E-state index contributed by atoms with van der Waals surface area (Å²) in [5, 5.41) is 11.6. The van der Waals surface area contributed by atoms with Gasteiger partial charge in [-0.15, -0.1) is 0 Å². The zero-order valence-corrected chi connectivity index (χ0v) is 15.0. The summed E-state index contributed by atoms with van der Waals surface area (Å²) in [5.41, 5.74) is -0.629. The van der Waals surface area contributed by atoms with E-state index in [1.807, 2.05) is 11.8 Å². The topological polar surface area (TPSA) is 41.9 Å². The van der Waals surface area contributed by atoms with E-state index in [1.54, 1.807) is 0 Å². The molecule has 1 atom stereocenters. The summed E-state index contributed by atoms with van der Waals surface area (Å²) in [4.78, 5) is 2.37. The van der Waals surface area contributed by atoms with E-state index in [4.69, 9.17) is 9.47 Å². The second-order valence-corrected chi connectivity index (χ2v) is 7.58. The lowest BCUT2D eigenvalue weighted by Gasteiger charge is -2.42. The van der Waals surface area contributed by atoms with Crippen molar-refractivity contribution in [2.75, 3.05) is 45.3 Å². The summed E-state index contributed by atoms with van der Waals surface area (Å²) in [6, 6.07) is 0.158. The first-order chi connectivity index (χ1) is 10.0. The third kappa shape index (κ3) is 6.45. The van der Waals surface area contributed by atoms with Crippen molar-refractivity contribution in [2.24, 2.45) is 0 Å². The number of aliphatic hydroxyl groups is 1. The Labute approximate surface area is 134 Å². The van der Waals surface area contributed by atoms with Crippen LogP contribution in [0.2, 0.25) is 0 Å². The molecule has 0 amide bonds. The Kier molecular flexibility index (Phi) is 9.21. The molecule has 1 aliphatic rings. The predicted molar refractivity (Wildman–Crippen MR) is 90.1 cm³/mol. The van der Waals surface area contributed by atoms with E-state index in [1.165, 1.54) is 0 Å². The molecule has 1 aliphatic heterocycles. The van der Waals surface area contributed by atoms with E-state index >= 15 is 0 Å². The highest BCUT2D eigenvalue weighted by atomic mass is 32.2. The second-order valence-electron chi connectivity index (χ2n) is 5.97. The van der Waals surface area contributed by atoms with Crippen molar-refractivity contribution < 1.29 is 14.6 Å². The van der Waals surface area contributed by atoms with Crippen molar-refractivity contribution in [3.63, 3.8) is 0 Å². The highest BCUT2D eigenvalue weighted by molar-refractivity contribution is 7.99. The summed E-state index contributed by atoms with van der Waals surface area (Å²) in [7, 11) is 0. The van der Waals surface area contributed by atoms with Crippen LogP contribution in [-0.2, 0) is 9.47 Å². The molecule has 0 radical (unpaired) electrons. The molecule has 0 saturated carbocycles. The van der Waals surface area contributed by atoms with Gasteiger partial charge in [-0.3, -0.25) is 4.90 Å². The maximum atomic E-state index is 11.0. The summed E-state index contributed by atoms with van der Waals surface area (Å²) >= 11 is 1.92. The molecule has 1 saturated heterocycles. The molecule has 0 aliphatic carbocycles. The molecule has 0 aromatic rings. The number of thioether (sulfide) groups is 1. The SMILES string of the molecule is CCC(O)(CC)[C@H](CSC(C)C)N1CCOCCOCC1. The smallest absolute Gasteiger partial charge is 0.0805 e. The normalized spacial score (nSPS) is 20.9. The van der Waals surface area contributed by atoms with Gasteiger partial charge in [0, 0.05) is 24.9 Å². The number of hydrogen-bond acceptors (Lipinski definition) is 5. The van der Waals surface area contributed by atoms with Crippen LogP contribution in [0.25, 0.3) is 0 Å². The molecule has 0 bridgehead atoms. The molecular formula is C16H33NO3S. The highest BCUT2D eigenvalue weighted by Gasteiger charge is 2.37. The third-order valence-corrected chi connectivity index (χ3v) is 5.47. The van der Waals surface area contributed by atoms with E-state index in [9.17, 15) is 5.11 Å². The van der Waals surface area contributed by atoms with Gasteiger partial charge in [-0.25, -0.2) is 0 Å². The monoisotopic (exact) mass is 319 g/mol. The molecule has 1 fully saturated rings. The standard InChI is InChI=1S/C16H33NO3S/c1-5-16(18,6-2)15(13-21-14(3)4)17-7-9-19-11-12-20-10-8-17/h14-15,18H,5-13H2,1-4H3/t15-/m0/s1. The number of hydrogen-bond donors (Lipinski definition) is 1. The maximum absolute atomic E-state index is 11.0. The highest BCUT2D eigenvalue weighted by Crippen LogP contribution is 2.28. The fraction of sp³-hybridized carbons (Fsp3) is 1.00. The van der Waals surface area contributed by atoms with Crippen molar-refractivity contribution in [3.05, 3.63) is 0 Å². The van der Waals surface area contributed by atoms with E-state index in [-0.39, 0.29) is 6.04 Å². The molecule has 126 valence electrons. The predicted octanol–water partition coefficient (Wildman–Crippen LogP) is 2.40. The Balaban J connectivity index is 2.80. The number of nitrogens with zero attached hydrogens (tertiary/aromatic N) is 1. The fourth-order valence-electron chi connectivity index (χ4n) is 2.71. The van der Waals surface area contributed by atoms with Crippen LogP contribution in [0.3, 0.4) is 0 Å². The van der Waals surface area contributed by atoms with E-state index in [0.29, 0.717) is 18.5 Å². The van der Waals surface area contributed by atoms with Crippen LogP contribution >= 0.6 is 11.8 Å². The van der Waals surface area contributed by atoms with Gasteiger partial charge in [0.1, 0.15) is 0 Å². The first-order valence-electron chi connectivity index (χ1n) is 8.27. The fourth-order valence-corrected chi connectivity index (χ4v) is 3.80. The number of rotatable bonds is 7. The van der Waals surface area contributed by atoms with Crippen molar-refractivity contribution in [1.82, 2.24) is 4.90 Å². The molecule has 4 nitrogen and oxygen atoms in total. The molecule has 21 heavy (non-hydrogen) atoms. The quantitative estimate of drug-likeness (QED) is 0.780. The van der Waals surface area contributed by atoms with Crippen molar-refractivity contribution in [3.8, 4) is 0 Å². The van der Waals surface area contributed by atoms with Crippen LogP contribution in [0.4, 0.5) is 0 Å². The average Bonchev–Trinajstić information content (AvgIpc) is 2.60. The van der Waals surface area contributed by atoms with Gasteiger partial charge >= 0.3 is 0 Å². The summed E-state index contributed by atoms with van der Waals surface area (Å²) in [5.74, 6) is 0.954. The Morgan fingerprint density at radius 1 is 1.05 bits per heavy atom. The average molecular weight is 320 g/mol. The van der Waals surface area contributed by atoms with Crippen molar-refractivity contribution >= 4 is 11.8 Å². The van der Waals surface area contributed by atoms with Crippen LogP contribution in [0.5, 0.6) is 0 Å². The second kappa shape index (κ2) is 10.1. The minimum Gasteiger partial charge on any atom is -0.388 e. The molecule has 0 unspecified atom stereocenters. The molecule has 5 heteroatoms. The van der Waals surface area contributed by atoms with Crippen LogP contribution in [-0.4, -0.2) is 72.2 Å². The molecule has 1 N–H and O–H groups in total. The van der Waals surface area contributed by atoms with Gasteiger partial charge in [-0.2, -0.15) is 11.8 Å². The molecule has 0 aromatic heterocycles. The van der Waals surface area contributed by atoms with Gasteiger partial charge in [-0.1, -0.05) is 27.7 Å². The van der Waals surface area contributed by atoms with Crippen LogP contribution in [0, 0.1) is 0 Å². The zero-order valence-electron chi connectivity index (χ0n) is 14.1. The van der Waals surface area contributed by atoms with Crippen LogP contribution < -0.4 is 0 Å². The largest absolute Gasteiger partial charge is 0.388 e. The van der Waals surface area contributed by atoms with Gasteiger partial charge in [0.2, 0.25) is 0 Å². The first kappa shape index (κ1) is 19.2. The summed E-state index contributed by atoms with van der Waals surface area (Å²) in [6.45, 7) is 13.1. The van der Waals surface area contributed by atoms with Crippen LogP contribution in [0.15, 0.2) is 0 Å². The third-order valence-electron chi connectivity index (χ3n) is 4.29. The van der Waals surface area contributed by atoms with Crippen molar-refractivity contribution in [2.45, 2.75) is 57.4 Å². The van der Waals surface area contributed by atoms with Gasteiger partial charge in [0.25, 0.3) is 0 Å². The Morgan fingerprint density at radius 2 is 1.57 bits per heavy atom. The molecule has 1 rings (SSSR count). The zero-order chi connectivity index (χ0) is 15.7. The Morgan fingerprint density at radius 3 is 2.00 bits per heavy atom. The van der Waals surface area contributed by atoms with E-state index in [2.05, 4.69) is 32.6 Å². The van der Waals surface area contributed by atoms with Crippen LogP contribution in [0.1, 0.15) is 40.5 Å². The molecule has 0 aromatic carbocycles. The van der Waals surface area contributed by atoms with Gasteiger partial charge < -0.3 is 14.6 Å². The van der Waals surface area contributed by atoms with Gasteiger partial charge in [0.15, 0.2) is 0 Å². The molecule has 1 heterocycles. The van der Waals surface area contributed by atoms with Gasteiger partial charge in [-0.05, 0) is 18.1 Å². The minimum absolute atomic E-state index is 0.158. The lowest BCUT2D eigenvalue weighted by atomic mass is 9.88. The van der Waals surface area contributed by atoms with Gasteiger partial charge in [0.05, 0.1) is 32.0 Å². The maximum Gasteiger partial charge on any atom is 0.0805 e. The number of ether oxygens (including phenoxy) is 2.